The molecular weight excluding hydrogens is 418 g/mol. The summed E-state index contributed by atoms with van der Waals surface area (Å²) >= 11 is 5.79. The Morgan fingerprint density at radius 2 is 1.97 bits per heavy atom. The van der Waals surface area contributed by atoms with Crippen LogP contribution in [-0.4, -0.2) is 24.5 Å². The second-order valence-electron chi connectivity index (χ2n) is 8.11. The average molecular weight is 444 g/mol. The molecule has 4 aromatic heterocycles. The number of hydrogen-bond donors (Lipinski definition) is 1. The summed E-state index contributed by atoms with van der Waals surface area (Å²) < 4.78 is 7.99. The van der Waals surface area contributed by atoms with E-state index in [1.54, 1.807) is 12.5 Å². The Morgan fingerprint density at radius 3 is 2.69 bits per heavy atom. The van der Waals surface area contributed by atoms with E-state index in [1.807, 2.05) is 42.7 Å². The van der Waals surface area contributed by atoms with Gasteiger partial charge in [0.15, 0.2) is 5.11 Å². The van der Waals surface area contributed by atoms with Crippen molar-refractivity contribution in [1.82, 2.24) is 24.8 Å². The molecule has 32 heavy (non-hydrogen) atoms. The van der Waals surface area contributed by atoms with Crippen LogP contribution in [0.4, 0.5) is 0 Å². The van der Waals surface area contributed by atoms with Gasteiger partial charge in [0, 0.05) is 36.5 Å². The number of nitrogens with one attached hydrogen (secondary N) is 1. The van der Waals surface area contributed by atoms with Gasteiger partial charge in [-0.1, -0.05) is 12.1 Å². The van der Waals surface area contributed by atoms with Crippen molar-refractivity contribution >= 4 is 17.3 Å². The van der Waals surface area contributed by atoms with E-state index in [0.717, 1.165) is 18.0 Å². The zero-order chi connectivity index (χ0) is 22.1. The molecule has 0 unspecified atom stereocenters. The molecule has 0 amide bonds. The first kappa shape index (κ1) is 20.5. The standard InChI is InChI=1S/C25H25N5OS/c1-17-13-21(18(2)29(17)15-19-7-5-10-26-14-19)24-23(22-9-3-4-11-27-22)28-25(32)30(24)16-20-8-6-12-31-20/h3-14,23-24H,15-16H2,1-2H3,(H,28,32)/t23-,24-/m1/s1. The maximum absolute atomic E-state index is 5.79. The van der Waals surface area contributed by atoms with Crippen LogP contribution >= 0.6 is 12.2 Å². The second kappa shape index (κ2) is 8.59. The third kappa shape index (κ3) is 3.80. The van der Waals surface area contributed by atoms with Crippen molar-refractivity contribution < 1.29 is 4.42 Å². The van der Waals surface area contributed by atoms with Gasteiger partial charge in [0.1, 0.15) is 5.76 Å². The normalized spacial score (nSPS) is 18.2. The highest BCUT2D eigenvalue weighted by atomic mass is 32.1. The summed E-state index contributed by atoms with van der Waals surface area (Å²) in [6.07, 6.45) is 7.26. The molecule has 7 heteroatoms. The number of furan rings is 1. The number of nitrogens with zero attached hydrogens (tertiary/aromatic N) is 4. The topological polar surface area (TPSA) is 59.1 Å². The number of rotatable bonds is 6. The minimum atomic E-state index is -0.0500. The molecule has 162 valence electrons. The van der Waals surface area contributed by atoms with E-state index in [9.17, 15) is 0 Å². The van der Waals surface area contributed by atoms with Crippen LogP contribution in [0.1, 0.15) is 46.1 Å². The summed E-state index contributed by atoms with van der Waals surface area (Å²) in [4.78, 5) is 11.1. The van der Waals surface area contributed by atoms with Crippen molar-refractivity contribution in [3.63, 3.8) is 0 Å². The van der Waals surface area contributed by atoms with Gasteiger partial charge in [-0.25, -0.2) is 0 Å². The lowest BCUT2D eigenvalue weighted by Gasteiger charge is -2.27. The molecule has 0 radical (unpaired) electrons. The van der Waals surface area contributed by atoms with E-state index in [-0.39, 0.29) is 12.1 Å². The molecule has 0 aromatic carbocycles. The van der Waals surface area contributed by atoms with E-state index in [0.29, 0.717) is 11.7 Å². The Bertz CT molecular complexity index is 1200. The third-order valence-electron chi connectivity index (χ3n) is 6.10. The Hall–Kier alpha value is -3.45. The summed E-state index contributed by atoms with van der Waals surface area (Å²) in [5.41, 5.74) is 5.81. The quantitative estimate of drug-likeness (QED) is 0.436. The van der Waals surface area contributed by atoms with Gasteiger partial charge >= 0.3 is 0 Å². The van der Waals surface area contributed by atoms with Crippen LogP contribution in [0.5, 0.6) is 0 Å². The van der Waals surface area contributed by atoms with E-state index in [2.05, 4.69) is 56.8 Å². The highest BCUT2D eigenvalue weighted by molar-refractivity contribution is 7.80. The maximum atomic E-state index is 5.79. The molecule has 2 atom stereocenters. The van der Waals surface area contributed by atoms with Gasteiger partial charge in [-0.15, -0.1) is 0 Å². The summed E-state index contributed by atoms with van der Waals surface area (Å²) in [5, 5.41) is 4.23. The van der Waals surface area contributed by atoms with Crippen LogP contribution in [0.3, 0.4) is 0 Å². The summed E-state index contributed by atoms with van der Waals surface area (Å²) in [6.45, 7) is 5.71. The van der Waals surface area contributed by atoms with Crippen LogP contribution in [0.2, 0.25) is 0 Å². The predicted octanol–water partition coefficient (Wildman–Crippen LogP) is 4.71. The molecule has 0 spiro atoms. The maximum Gasteiger partial charge on any atom is 0.170 e. The van der Waals surface area contributed by atoms with Gasteiger partial charge in [0.2, 0.25) is 0 Å². The fourth-order valence-corrected chi connectivity index (χ4v) is 4.83. The highest BCUT2D eigenvalue weighted by Crippen LogP contribution is 2.41. The molecule has 5 rings (SSSR count). The van der Waals surface area contributed by atoms with Gasteiger partial charge < -0.3 is 19.2 Å². The molecule has 1 fully saturated rings. The molecule has 1 aliphatic heterocycles. The van der Waals surface area contributed by atoms with Crippen LogP contribution in [0.25, 0.3) is 0 Å². The monoisotopic (exact) mass is 443 g/mol. The molecule has 6 nitrogen and oxygen atoms in total. The SMILES string of the molecule is Cc1cc([C@@H]2[C@@H](c3ccccn3)NC(=S)N2Cc2ccco2)c(C)n1Cc1cccnc1. The first-order valence-corrected chi connectivity index (χ1v) is 11.1. The Labute approximate surface area is 192 Å². The number of aryl methyl sites for hydroxylation is 1. The van der Waals surface area contributed by atoms with Crippen LogP contribution in [0.15, 0.2) is 77.8 Å². The van der Waals surface area contributed by atoms with E-state index >= 15 is 0 Å². The van der Waals surface area contributed by atoms with Gasteiger partial charge in [-0.05, 0) is 73.6 Å². The van der Waals surface area contributed by atoms with Crippen LogP contribution < -0.4 is 5.32 Å². The minimum absolute atomic E-state index is 0.00338. The molecule has 5 heterocycles. The lowest BCUT2D eigenvalue weighted by molar-refractivity contribution is 0.286. The Kier molecular flexibility index (Phi) is 5.49. The number of aromatic nitrogens is 3. The molecule has 1 aliphatic rings. The first-order chi connectivity index (χ1) is 15.6. The highest BCUT2D eigenvalue weighted by Gasteiger charge is 2.41. The second-order valence-corrected chi connectivity index (χ2v) is 8.49. The van der Waals surface area contributed by atoms with Crippen molar-refractivity contribution in [2.24, 2.45) is 0 Å². The molecule has 4 aromatic rings. The number of thiocarbonyl (C=S) groups is 1. The smallest absolute Gasteiger partial charge is 0.170 e. The summed E-state index contributed by atoms with van der Waals surface area (Å²) in [7, 11) is 0. The third-order valence-corrected chi connectivity index (χ3v) is 6.45. The van der Waals surface area contributed by atoms with Crippen molar-refractivity contribution in [3.8, 4) is 0 Å². The average Bonchev–Trinajstić information content (AvgIpc) is 3.51. The van der Waals surface area contributed by atoms with Crippen molar-refractivity contribution in [2.45, 2.75) is 39.0 Å². The van der Waals surface area contributed by atoms with Gasteiger partial charge in [-0.2, -0.15) is 0 Å². The largest absolute Gasteiger partial charge is 0.467 e. The van der Waals surface area contributed by atoms with Gasteiger partial charge in [-0.3, -0.25) is 9.97 Å². The molecule has 0 bridgehead atoms. The summed E-state index contributed by atoms with van der Waals surface area (Å²) in [5.74, 6) is 0.880. The first-order valence-electron chi connectivity index (χ1n) is 10.7. The Morgan fingerprint density at radius 1 is 1.06 bits per heavy atom. The minimum Gasteiger partial charge on any atom is -0.467 e. The Balaban J connectivity index is 1.56. The fraction of sp³-hybridized carbons (Fsp3) is 0.240. The van der Waals surface area contributed by atoms with Gasteiger partial charge in [0.25, 0.3) is 0 Å². The zero-order valence-electron chi connectivity index (χ0n) is 18.1. The fourth-order valence-electron chi connectivity index (χ4n) is 4.53. The molecule has 0 saturated carbocycles. The van der Waals surface area contributed by atoms with Crippen LogP contribution in [0, 0.1) is 13.8 Å². The zero-order valence-corrected chi connectivity index (χ0v) is 18.9. The number of pyridine rings is 2. The van der Waals surface area contributed by atoms with Crippen molar-refractivity contribution in [3.05, 3.63) is 107 Å². The van der Waals surface area contributed by atoms with Gasteiger partial charge in [0.05, 0.1) is 30.6 Å². The molecular formula is C25H25N5OS. The lowest BCUT2D eigenvalue weighted by Crippen LogP contribution is -2.29. The van der Waals surface area contributed by atoms with E-state index in [1.165, 1.54) is 22.5 Å². The molecule has 0 aliphatic carbocycles. The van der Waals surface area contributed by atoms with Crippen LogP contribution in [-0.2, 0) is 13.1 Å². The lowest BCUT2D eigenvalue weighted by atomic mass is 9.96. The molecule has 1 N–H and O–H groups in total. The van der Waals surface area contributed by atoms with E-state index < -0.39 is 0 Å². The molecule has 1 saturated heterocycles. The van der Waals surface area contributed by atoms with Crippen molar-refractivity contribution in [1.29, 1.82) is 0 Å². The summed E-state index contributed by atoms with van der Waals surface area (Å²) in [6, 6.07) is 16.2. The van der Waals surface area contributed by atoms with Crippen molar-refractivity contribution in [2.75, 3.05) is 0 Å². The van der Waals surface area contributed by atoms with E-state index in [4.69, 9.17) is 16.6 Å². The number of hydrogen-bond acceptors (Lipinski definition) is 4. The predicted molar refractivity (Wildman–Crippen MR) is 127 cm³/mol.